The van der Waals surface area contributed by atoms with E-state index in [1.165, 1.54) is 7.05 Å². The Labute approximate surface area is 111 Å². The van der Waals surface area contributed by atoms with Crippen molar-refractivity contribution in [1.29, 1.82) is 0 Å². The van der Waals surface area contributed by atoms with Crippen molar-refractivity contribution in [3.05, 3.63) is 18.2 Å². The highest BCUT2D eigenvalue weighted by Crippen LogP contribution is 2.34. The highest BCUT2D eigenvalue weighted by Gasteiger charge is 2.17. The van der Waals surface area contributed by atoms with E-state index in [0.717, 1.165) is 10.6 Å². The fourth-order valence-electron chi connectivity index (χ4n) is 1.49. The fourth-order valence-corrected chi connectivity index (χ4v) is 1.85. The molecule has 0 spiro atoms. The predicted octanol–water partition coefficient (Wildman–Crippen LogP) is 0.245. The first-order valence-corrected chi connectivity index (χ1v) is 7.32. The van der Waals surface area contributed by atoms with E-state index in [1.54, 1.807) is 18.2 Å². The maximum Gasteiger partial charge on any atom is 0.239 e. The third-order valence-corrected chi connectivity index (χ3v) is 3.85. The van der Waals surface area contributed by atoms with Crippen molar-refractivity contribution in [1.82, 2.24) is 4.31 Å². The lowest BCUT2D eigenvalue weighted by atomic mass is 10.3. The summed E-state index contributed by atoms with van der Waals surface area (Å²) >= 11 is 0. The van der Waals surface area contributed by atoms with Crippen molar-refractivity contribution in [3.8, 4) is 11.5 Å². The van der Waals surface area contributed by atoms with E-state index < -0.39 is 15.9 Å². The quantitative estimate of drug-likeness (QED) is 0.857. The number of benzene rings is 1. The first-order chi connectivity index (χ1) is 8.86. The molecule has 2 rings (SSSR count). The Bertz CT molecular complexity index is 599. The van der Waals surface area contributed by atoms with E-state index >= 15 is 0 Å². The molecule has 1 aliphatic rings. The summed E-state index contributed by atoms with van der Waals surface area (Å²) in [6.45, 7) is -0.0865. The average Bonchev–Trinajstić information content (AvgIpc) is 2.74. The van der Waals surface area contributed by atoms with Crippen LogP contribution in [-0.4, -0.2) is 45.3 Å². The van der Waals surface area contributed by atoms with Crippen molar-refractivity contribution >= 4 is 21.6 Å². The van der Waals surface area contributed by atoms with Crippen molar-refractivity contribution in [3.63, 3.8) is 0 Å². The molecule has 104 valence electrons. The zero-order valence-electron chi connectivity index (χ0n) is 10.5. The topological polar surface area (TPSA) is 84.9 Å². The van der Waals surface area contributed by atoms with Gasteiger partial charge in [-0.15, -0.1) is 0 Å². The molecule has 0 aromatic heterocycles. The molecule has 1 amide bonds. The molecule has 1 N–H and O–H groups in total. The Hall–Kier alpha value is -1.80. The van der Waals surface area contributed by atoms with E-state index in [0.29, 0.717) is 17.2 Å². The van der Waals surface area contributed by atoms with Gasteiger partial charge in [-0.25, -0.2) is 8.42 Å². The molecule has 0 radical (unpaired) electrons. The highest BCUT2D eigenvalue weighted by molar-refractivity contribution is 7.88. The molecule has 8 heteroatoms. The van der Waals surface area contributed by atoms with Crippen LogP contribution in [0, 0.1) is 0 Å². The van der Waals surface area contributed by atoms with Crippen LogP contribution in [0.5, 0.6) is 11.5 Å². The van der Waals surface area contributed by atoms with Gasteiger partial charge in [-0.2, -0.15) is 4.31 Å². The number of likely N-dealkylation sites (N-methyl/N-ethyl adjacent to an activating group) is 1. The largest absolute Gasteiger partial charge is 0.454 e. The molecule has 0 saturated carbocycles. The number of hydrogen-bond acceptors (Lipinski definition) is 5. The maximum absolute atomic E-state index is 11.7. The van der Waals surface area contributed by atoms with Crippen molar-refractivity contribution in [2.75, 3.05) is 32.0 Å². The predicted molar refractivity (Wildman–Crippen MR) is 68.7 cm³/mol. The lowest BCUT2D eigenvalue weighted by molar-refractivity contribution is -0.116. The molecule has 1 heterocycles. The molecule has 1 aromatic rings. The van der Waals surface area contributed by atoms with Gasteiger partial charge in [-0.05, 0) is 12.1 Å². The molecule has 0 saturated heterocycles. The molecule has 1 aliphatic heterocycles. The number of anilines is 1. The van der Waals surface area contributed by atoms with E-state index in [2.05, 4.69) is 5.32 Å². The van der Waals surface area contributed by atoms with Gasteiger partial charge in [-0.1, -0.05) is 0 Å². The molecule has 0 fully saturated rings. The third-order valence-electron chi connectivity index (χ3n) is 2.59. The Morgan fingerprint density at radius 1 is 1.37 bits per heavy atom. The summed E-state index contributed by atoms with van der Waals surface area (Å²) in [6, 6.07) is 4.96. The number of ether oxygens (including phenoxy) is 2. The van der Waals surface area contributed by atoms with Crippen LogP contribution in [0.15, 0.2) is 18.2 Å². The molecule has 7 nitrogen and oxygen atoms in total. The van der Waals surface area contributed by atoms with Gasteiger partial charge in [-0.3, -0.25) is 4.79 Å². The monoisotopic (exact) mass is 286 g/mol. The summed E-state index contributed by atoms with van der Waals surface area (Å²) in [5.74, 6) is 0.743. The number of carbonyl (C=O) groups excluding carboxylic acids is 1. The maximum atomic E-state index is 11.7. The lowest BCUT2D eigenvalue weighted by Crippen LogP contribution is -2.34. The lowest BCUT2D eigenvalue weighted by Gasteiger charge is -2.13. The molecular weight excluding hydrogens is 272 g/mol. The van der Waals surface area contributed by atoms with Crippen LogP contribution in [0.3, 0.4) is 0 Å². The average molecular weight is 286 g/mol. The van der Waals surface area contributed by atoms with Crippen LogP contribution in [0.4, 0.5) is 5.69 Å². The van der Waals surface area contributed by atoms with Gasteiger partial charge < -0.3 is 14.8 Å². The first kappa shape index (κ1) is 13.6. The molecule has 0 aliphatic carbocycles. The van der Waals surface area contributed by atoms with E-state index in [9.17, 15) is 13.2 Å². The number of nitrogens with zero attached hydrogens (tertiary/aromatic N) is 1. The van der Waals surface area contributed by atoms with Crippen LogP contribution < -0.4 is 14.8 Å². The van der Waals surface area contributed by atoms with E-state index in [4.69, 9.17) is 9.47 Å². The van der Waals surface area contributed by atoms with Gasteiger partial charge >= 0.3 is 0 Å². The second kappa shape index (κ2) is 5.06. The van der Waals surface area contributed by atoms with Gasteiger partial charge in [0.1, 0.15) is 0 Å². The smallest absolute Gasteiger partial charge is 0.239 e. The molecule has 0 unspecified atom stereocenters. The molecule has 0 atom stereocenters. The molecule has 19 heavy (non-hydrogen) atoms. The minimum atomic E-state index is -3.37. The number of nitrogens with one attached hydrogen (secondary N) is 1. The van der Waals surface area contributed by atoms with Gasteiger partial charge in [0.05, 0.1) is 12.8 Å². The summed E-state index contributed by atoms with van der Waals surface area (Å²) < 4.78 is 33.7. The van der Waals surface area contributed by atoms with Gasteiger partial charge in [0, 0.05) is 18.8 Å². The summed E-state index contributed by atoms with van der Waals surface area (Å²) in [7, 11) is -2.03. The summed E-state index contributed by atoms with van der Waals surface area (Å²) in [5.41, 5.74) is 0.524. The Morgan fingerprint density at radius 3 is 2.74 bits per heavy atom. The highest BCUT2D eigenvalue weighted by atomic mass is 32.2. The normalized spacial score (nSPS) is 13.6. The zero-order chi connectivity index (χ0) is 14.0. The summed E-state index contributed by atoms with van der Waals surface area (Å²) in [5, 5.41) is 2.59. The number of hydrogen-bond donors (Lipinski definition) is 1. The number of carbonyl (C=O) groups is 1. The van der Waals surface area contributed by atoms with Crippen LogP contribution in [0.2, 0.25) is 0 Å². The standard InChI is InChI=1S/C11H14N2O5S/c1-13(19(2,15)16)6-11(14)12-8-3-4-9-10(5-8)18-7-17-9/h3-5H,6-7H2,1-2H3,(H,12,14). The zero-order valence-corrected chi connectivity index (χ0v) is 11.4. The minimum Gasteiger partial charge on any atom is -0.454 e. The summed E-state index contributed by atoms with van der Waals surface area (Å²) in [4.78, 5) is 11.7. The number of amides is 1. The van der Waals surface area contributed by atoms with E-state index in [1.807, 2.05) is 0 Å². The van der Waals surface area contributed by atoms with Crippen molar-refractivity contribution < 1.29 is 22.7 Å². The Morgan fingerprint density at radius 2 is 2.05 bits per heavy atom. The Kier molecular flexibility index (Phi) is 3.63. The Balaban J connectivity index is 2.00. The molecular formula is C11H14N2O5S. The second-order valence-corrected chi connectivity index (χ2v) is 6.22. The van der Waals surface area contributed by atoms with Gasteiger partial charge in [0.15, 0.2) is 11.5 Å². The van der Waals surface area contributed by atoms with Crippen molar-refractivity contribution in [2.45, 2.75) is 0 Å². The van der Waals surface area contributed by atoms with Crippen LogP contribution in [0.1, 0.15) is 0 Å². The van der Waals surface area contributed by atoms with Crippen LogP contribution >= 0.6 is 0 Å². The number of fused-ring (bicyclic) bond motifs is 1. The fraction of sp³-hybridized carbons (Fsp3) is 0.364. The van der Waals surface area contributed by atoms with E-state index in [-0.39, 0.29) is 13.3 Å². The summed E-state index contributed by atoms with van der Waals surface area (Å²) in [6.07, 6.45) is 1.04. The SMILES string of the molecule is CN(CC(=O)Nc1ccc2c(c1)OCO2)S(C)(=O)=O. The minimum absolute atomic E-state index is 0.156. The van der Waals surface area contributed by atoms with Crippen molar-refractivity contribution in [2.24, 2.45) is 0 Å². The third kappa shape index (κ3) is 3.36. The van der Waals surface area contributed by atoms with Crippen LogP contribution in [0.25, 0.3) is 0 Å². The number of sulfonamides is 1. The van der Waals surface area contributed by atoms with Gasteiger partial charge in [0.25, 0.3) is 0 Å². The second-order valence-electron chi connectivity index (χ2n) is 4.14. The number of rotatable bonds is 4. The van der Waals surface area contributed by atoms with Gasteiger partial charge in [0.2, 0.25) is 22.7 Å². The van der Waals surface area contributed by atoms with Crippen LogP contribution in [-0.2, 0) is 14.8 Å². The molecule has 1 aromatic carbocycles. The first-order valence-electron chi connectivity index (χ1n) is 5.47. The molecule has 0 bridgehead atoms.